The van der Waals surface area contributed by atoms with Crippen molar-refractivity contribution in [1.29, 1.82) is 0 Å². The van der Waals surface area contributed by atoms with Gasteiger partial charge in [0.05, 0.1) is 5.60 Å². The highest BCUT2D eigenvalue weighted by atomic mass is 16.5. The second-order valence-electron chi connectivity index (χ2n) is 5.68. The van der Waals surface area contributed by atoms with E-state index in [0.717, 1.165) is 10.9 Å². The Balaban J connectivity index is 1.75. The van der Waals surface area contributed by atoms with Crippen LogP contribution in [0.5, 0.6) is 0 Å². The number of aryl methyl sites for hydroxylation is 1. The van der Waals surface area contributed by atoms with Crippen LogP contribution < -0.4 is 5.32 Å². The van der Waals surface area contributed by atoms with Gasteiger partial charge >= 0.3 is 0 Å². The Kier molecular flexibility index (Phi) is 3.69. The highest BCUT2D eigenvalue weighted by molar-refractivity contribution is 6.06. The molecular formula is C16H20N2O3. The topological polar surface area (TPSA) is 63.5 Å². The molecule has 0 saturated carbocycles. The minimum absolute atomic E-state index is 0.147. The zero-order valence-electron chi connectivity index (χ0n) is 12.1. The van der Waals surface area contributed by atoms with E-state index in [9.17, 15) is 9.90 Å². The number of amides is 1. The van der Waals surface area contributed by atoms with Gasteiger partial charge < -0.3 is 19.7 Å². The zero-order valence-corrected chi connectivity index (χ0v) is 12.1. The largest absolute Gasteiger partial charge is 0.388 e. The zero-order chi connectivity index (χ0) is 14.9. The summed E-state index contributed by atoms with van der Waals surface area (Å²) >= 11 is 0. The summed E-state index contributed by atoms with van der Waals surface area (Å²) in [6, 6.07) is 7.61. The van der Waals surface area contributed by atoms with Gasteiger partial charge in [-0.05, 0) is 18.2 Å². The van der Waals surface area contributed by atoms with Crippen molar-refractivity contribution >= 4 is 16.8 Å². The van der Waals surface area contributed by atoms with Crippen LogP contribution in [0, 0.1) is 0 Å². The van der Waals surface area contributed by atoms with E-state index in [0.29, 0.717) is 31.6 Å². The average Bonchev–Trinajstić information content (AvgIpc) is 2.87. The third-order valence-electron chi connectivity index (χ3n) is 4.17. The van der Waals surface area contributed by atoms with Gasteiger partial charge in [-0.25, -0.2) is 0 Å². The lowest BCUT2D eigenvalue weighted by molar-refractivity contribution is -0.0605. The Hall–Kier alpha value is -1.85. The number of carbonyl (C=O) groups is 1. The van der Waals surface area contributed by atoms with Crippen LogP contribution in [0.3, 0.4) is 0 Å². The Labute approximate surface area is 123 Å². The molecule has 1 saturated heterocycles. The maximum Gasteiger partial charge on any atom is 0.252 e. The predicted molar refractivity (Wildman–Crippen MR) is 80.3 cm³/mol. The highest BCUT2D eigenvalue weighted by Gasteiger charge is 2.30. The maximum atomic E-state index is 12.4. The molecule has 5 nitrogen and oxygen atoms in total. The van der Waals surface area contributed by atoms with Crippen molar-refractivity contribution in [3.8, 4) is 0 Å². The maximum absolute atomic E-state index is 12.4. The van der Waals surface area contributed by atoms with Crippen LogP contribution >= 0.6 is 0 Å². The number of hydrogen-bond donors (Lipinski definition) is 2. The van der Waals surface area contributed by atoms with E-state index in [1.54, 1.807) is 0 Å². The highest BCUT2D eigenvalue weighted by Crippen LogP contribution is 2.21. The van der Waals surface area contributed by atoms with Crippen molar-refractivity contribution in [1.82, 2.24) is 9.88 Å². The molecule has 0 spiro atoms. The smallest absolute Gasteiger partial charge is 0.252 e. The fraction of sp³-hybridized carbons (Fsp3) is 0.438. The molecule has 0 atom stereocenters. The van der Waals surface area contributed by atoms with E-state index in [-0.39, 0.29) is 12.5 Å². The van der Waals surface area contributed by atoms with E-state index in [1.165, 1.54) is 0 Å². The van der Waals surface area contributed by atoms with Crippen LogP contribution in [0.2, 0.25) is 0 Å². The number of benzene rings is 1. The number of aliphatic hydroxyl groups is 1. The van der Waals surface area contributed by atoms with E-state index in [2.05, 4.69) is 5.32 Å². The van der Waals surface area contributed by atoms with Gasteiger partial charge in [0.1, 0.15) is 0 Å². The molecule has 1 aliphatic rings. The summed E-state index contributed by atoms with van der Waals surface area (Å²) in [6.45, 7) is 1.35. The van der Waals surface area contributed by atoms with E-state index in [1.807, 2.05) is 42.1 Å². The fourth-order valence-electron chi connectivity index (χ4n) is 2.77. The van der Waals surface area contributed by atoms with E-state index in [4.69, 9.17) is 4.74 Å². The quantitative estimate of drug-likeness (QED) is 0.898. The van der Waals surface area contributed by atoms with Gasteiger partial charge in [-0.1, -0.05) is 6.07 Å². The second-order valence-corrected chi connectivity index (χ2v) is 5.68. The molecule has 0 aliphatic carbocycles. The molecule has 1 aliphatic heterocycles. The molecule has 1 aromatic heterocycles. The van der Waals surface area contributed by atoms with Crippen molar-refractivity contribution in [2.24, 2.45) is 7.05 Å². The van der Waals surface area contributed by atoms with Gasteiger partial charge in [0, 0.05) is 62.3 Å². The summed E-state index contributed by atoms with van der Waals surface area (Å²) in [6.07, 6.45) is 3.05. The van der Waals surface area contributed by atoms with Gasteiger partial charge in [-0.2, -0.15) is 0 Å². The monoisotopic (exact) mass is 288 g/mol. The molecule has 0 bridgehead atoms. The predicted octanol–water partition coefficient (Wildman–Crippen LogP) is 1.45. The number of nitrogens with zero attached hydrogens (tertiary/aromatic N) is 1. The second kappa shape index (κ2) is 5.50. The summed E-state index contributed by atoms with van der Waals surface area (Å²) < 4.78 is 7.23. The molecular weight excluding hydrogens is 268 g/mol. The molecule has 3 rings (SSSR count). The molecule has 0 radical (unpaired) electrons. The summed E-state index contributed by atoms with van der Waals surface area (Å²) in [4.78, 5) is 12.4. The Morgan fingerprint density at radius 1 is 1.38 bits per heavy atom. The minimum Gasteiger partial charge on any atom is -0.388 e. The van der Waals surface area contributed by atoms with E-state index >= 15 is 0 Å². The van der Waals surface area contributed by atoms with Gasteiger partial charge in [-0.3, -0.25) is 4.79 Å². The summed E-state index contributed by atoms with van der Waals surface area (Å²) in [5.74, 6) is -0.147. The first-order valence-corrected chi connectivity index (χ1v) is 7.21. The Bertz CT molecular complexity index is 657. The van der Waals surface area contributed by atoms with Gasteiger partial charge in [0.15, 0.2) is 0 Å². The first-order chi connectivity index (χ1) is 10.1. The van der Waals surface area contributed by atoms with Crippen molar-refractivity contribution < 1.29 is 14.6 Å². The van der Waals surface area contributed by atoms with Crippen molar-refractivity contribution in [3.63, 3.8) is 0 Å². The number of carbonyl (C=O) groups excluding carboxylic acids is 1. The first kappa shape index (κ1) is 14.1. The van der Waals surface area contributed by atoms with Gasteiger partial charge in [0.25, 0.3) is 5.91 Å². The number of fused-ring (bicyclic) bond motifs is 1. The summed E-state index contributed by atoms with van der Waals surface area (Å²) in [5.41, 5.74) is 0.814. The SMILES string of the molecule is Cn1ccc2c(C(=O)NCC3(O)CCOCC3)cccc21. The Morgan fingerprint density at radius 2 is 2.14 bits per heavy atom. The summed E-state index contributed by atoms with van der Waals surface area (Å²) in [7, 11) is 1.95. The summed E-state index contributed by atoms with van der Waals surface area (Å²) in [5, 5.41) is 14.2. The van der Waals surface area contributed by atoms with Crippen molar-refractivity contribution in [3.05, 3.63) is 36.0 Å². The Morgan fingerprint density at radius 3 is 2.90 bits per heavy atom. The lowest BCUT2D eigenvalue weighted by atomic mass is 9.94. The number of rotatable bonds is 3. The first-order valence-electron chi connectivity index (χ1n) is 7.21. The average molecular weight is 288 g/mol. The van der Waals surface area contributed by atoms with Gasteiger partial charge in [-0.15, -0.1) is 0 Å². The molecule has 1 fully saturated rings. The molecule has 2 aromatic rings. The molecule has 5 heteroatoms. The number of nitrogens with one attached hydrogen (secondary N) is 1. The van der Waals surface area contributed by atoms with Crippen LogP contribution in [0.25, 0.3) is 10.9 Å². The minimum atomic E-state index is -0.849. The van der Waals surface area contributed by atoms with Crippen molar-refractivity contribution in [2.45, 2.75) is 18.4 Å². The number of aromatic nitrogens is 1. The van der Waals surface area contributed by atoms with Crippen LogP contribution in [-0.4, -0.2) is 40.9 Å². The standard InChI is InChI=1S/C16H20N2O3/c1-18-8-5-12-13(3-2-4-14(12)18)15(19)17-11-16(20)6-9-21-10-7-16/h2-5,8,20H,6-7,9-11H2,1H3,(H,17,19). The number of hydrogen-bond acceptors (Lipinski definition) is 3. The molecule has 2 N–H and O–H groups in total. The van der Waals surface area contributed by atoms with Crippen LogP contribution in [0.4, 0.5) is 0 Å². The van der Waals surface area contributed by atoms with Crippen LogP contribution in [0.1, 0.15) is 23.2 Å². The lowest BCUT2D eigenvalue weighted by Crippen LogP contribution is -2.46. The molecule has 1 amide bonds. The normalized spacial score (nSPS) is 17.8. The van der Waals surface area contributed by atoms with E-state index < -0.39 is 5.60 Å². The third kappa shape index (κ3) is 2.80. The lowest BCUT2D eigenvalue weighted by Gasteiger charge is -2.32. The third-order valence-corrected chi connectivity index (χ3v) is 4.17. The van der Waals surface area contributed by atoms with Crippen molar-refractivity contribution in [2.75, 3.05) is 19.8 Å². The van der Waals surface area contributed by atoms with Crippen LogP contribution in [-0.2, 0) is 11.8 Å². The molecule has 0 unspecified atom stereocenters. The number of ether oxygens (including phenoxy) is 1. The molecule has 21 heavy (non-hydrogen) atoms. The molecule has 1 aromatic carbocycles. The van der Waals surface area contributed by atoms with Gasteiger partial charge in [0.2, 0.25) is 0 Å². The van der Waals surface area contributed by atoms with Crippen LogP contribution in [0.15, 0.2) is 30.5 Å². The fourth-order valence-corrected chi connectivity index (χ4v) is 2.77. The molecule has 112 valence electrons. The molecule has 2 heterocycles.